The molecule has 0 unspecified atom stereocenters. The molecule has 19 heavy (non-hydrogen) atoms. The van der Waals surface area contributed by atoms with Gasteiger partial charge in [0.15, 0.2) is 8.32 Å². The van der Waals surface area contributed by atoms with Crippen LogP contribution >= 0.6 is 0 Å². The molecule has 0 aromatic carbocycles. The molecule has 0 saturated heterocycles. The summed E-state index contributed by atoms with van der Waals surface area (Å²) in [4.78, 5) is 0. The van der Waals surface area contributed by atoms with E-state index in [1.165, 1.54) is 0 Å². The first kappa shape index (κ1) is 16.7. The highest BCUT2D eigenvalue weighted by Gasteiger charge is 2.39. The van der Waals surface area contributed by atoms with Gasteiger partial charge in [0.2, 0.25) is 0 Å². The molecule has 2 rings (SSSR count). The van der Waals surface area contributed by atoms with Crippen molar-refractivity contribution < 1.29 is 9.53 Å². The molecule has 0 fully saturated rings. The molecule has 2 aliphatic carbocycles. The highest BCUT2D eigenvalue weighted by molar-refractivity contribution is 6.74. The van der Waals surface area contributed by atoms with Crippen molar-refractivity contribution in [3.05, 3.63) is 24.3 Å². The van der Waals surface area contributed by atoms with Crippen molar-refractivity contribution in [2.75, 3.05) is 0 Å². The van der Waals surface area contributed by atoms with Crippen LogP contribution in [0.25, 0.3) is 0 Å². The monoisotopic (exact) mass is 282 g/mol. The summed E-state index contributed by atoms with van der Waals surface area (Å²) in [5.41, 5.74) is 0. The molecule has 0 spiro atoms. The lowest BCUT2D eigenvalue weighted by atomic mass is 10.2. The Labute approximate surface area is 119 Å². The van der Waals surface area contributed by atoms with Gasteiger partial charge in [-0.2, -0.15) is 0 Å². The molecule has 3 heteroatoms. The highest BCUT2D eigenvalue weighted by Crippen LogP contribution is 2.38. The first-order valence-electron chi connectivity index (χ1n) is 7.38. The summed E-state index contributed by atoms with van der Waals surface area (Å²) in [7, 11) is -1.51. The third kappa shape index (κ3) is 5.63. The predicted molar refractivity (Wildman–Crippen MR) is 84.8 cm³/mol. The van der Waals surface area contributed by atoms with Crippen LogP contribution in [0.1, 0.15) is 46.5 Å². The Morgan fingerprint density at radius 1 is 0.947 bits per heavy atom. The van der Waals surface area contributed by atoms with E-state index in [-0.39, 0.29) is 6.10 Å². The minimum Gasteiger partial charge on any atom is -0.413 e. The third-order valence-corrected chi connectivity index (χ3v) is 8.75. The second-order valence-corrected chi connectivity index (χ2v) is 11.8. The summed E-state index contributed by atoms with van der Waals surface area (Å²) >= 11 is 0. The quantitative estimate of drug-likeness (QED) is 0.600. The fourth-order valence-corrected chi connectivity index (χ4v) is 3.26. The number of aliphatic hydroxyl groups is 1. The molecular formula is C16H30O2Si. The van der Waals surface area contributed by atoms with Crippen LogP contribution in [0.4, 0.5) is 0 Å². The fourth-order valence-electron chi connectivity index (χ4n) is 1.88. The van der Waals surface area contributed by atoms with Crippen molar-refractivity contribution >= 4 is 8.32 Å². The maximum Gasteiger partial charge on any atom is 0.192 e. The summed E-state index contributed by atoms with van der Waals surface area (Å²) in [6, 6.07) is 0. The Hall–Kier alpha value is -0.383. The molecular weight excluding hydrogens is 252 g/mol. The van der Waals surface area contributed by atoms with Gasteiger partial charge in [-0.25, -0.2) is 0 Å². The minimum atomic E-state index is -1.51. The number of hydrogen-bond donors (Lipinski definition) is 1. The zero-order valence-electron chi connectivity index (χ0n) is 13.1. The van der Waals surface area contributed by atoms with Gasteiger partial charge in [-0.15, -0.1) is 0 Å². The molecule has 0 atom stereocenters. The molecule has 2 aliphatic rings. The molecule has 0 aliphatic heterocycles. The SMILES string of the molecule is CC(C)(C)[Si](C)(C)OC1CC=CC1.OC1CC=CC1. The summed E-state index contributed by atoms with van der Waals surface area (Å²) in [5.74, 6) is 0. The van der Waals surface area contributed by atoms with E-state index in [4.69, 9.17) is 9.53 Å². The van der Waals surface area contributed by atoms with Crippen LogP contribution < -0.4 is 0 Å². The van der Waals surface area contributed by atoms with Crippen LogP contribution in [0.15, 0.2) is 24.3 Å². The normalized spacial score (nSPS) is 20.7. The van der Waals surface area contributed by atoms with Gasteiger partial charge in [0.05, 0.1) is 12.2 Å². The highest BCUT2D eigenvalue weighted by atomic mass is 28.4. The third-order valence-electron chi connectivity index (χ3n) is 4.22. The molecule has 0 bridgehead atoms. The molecule has 0 aromatic heterocycles. The first-order valence-corrected chi connectivity index (χ1v) is 10.3. The largest absolute Gasteiger partial charge is 0.413 e. The Morgan fingerprint density at radius 3 is 1.68 bits per heavy atom. The molecule has 2 nitrogen and oxygen atoms in total. The van der Waals surface area contributed by atoms with Gasteiger partial charge < -0.3 is 9.53 Å². The Morgan fingerprint density at radius 2 is 1.37 bits per heavy atom. The van der Waals surface area contributed by atoms with Gasteiger partial charge in [-0.3, -0.25) is 0 Å². The van der Waals surface area contributed by atoms with Crippen LogP contribution in [-0.2, 0) is 4.43 Å². The molecule has 0 radical (unpaired) electrons. The van der Waals surface area contributed by atoms with E-state index in [1.54, 1.807) is 0 Å². The van der Waals surface area contributed by atoms with E-state index in [0.29, 0.717) is 11.1 Å². The zero-order valence-corrected chi connectivity index (χ0v) is 14.1. The lowest BCUT2D eigenvalue weighted by Gasteiger charge is -2.38. The smallest absolute Gasteiger partial charge is 0.192 e. The maximum absolute atomic E-state index is 8.67. The Bertz CT molecular complexity index is 310. The van der Waals surface area contributed by atoms with Gasteiger partial charge in [0.25, 0.3) is 0 Å². The van der Waals surface area contributed by atoms with Crippen molar-refractivity contribution in [3.63, 3.8) is 0 Å². The van der Waals surface area contributed by atoms with Gasteiger partial charge in [-0.05, 0) is 43.8 Å². The number of hydrogen-bond acceptors (Lipinski definition) is 2. The van der Waals surface area contributed by atoms with Gasteiger partial charge >= 0.3 is 0 Å². The van der Waals surface area contributed by atoms with Crippen LogP contribution in [-0.4, -0.2) is 25.6 Å². The van der Waals surface area contributed by atoms with Crippen LogP contribution in [0, 0.1) is 0 Å². The molecule has 110 valence electrons. The average Bonchev–Trinajstić information content (AvgIpc) is 2.90. The van der Waals surface area contributed by atoms with Crippen molar-refractivity contribution in [3.8, 4) is 0 Å². The molecule has 1 N–H and O–H groups in total. The Balaban J connectivity index is 0.000000250. The van der Waals surface area contributed by atoms with Crippen LogP contribution in [0.5, 0.6) is 0 Å². The average molecular weight is 282 g/mol. The maximum atomic E-state index is 8.67. The first-order chi connectivity index (χ1) is 8.72. The van der Waals surface area contributed by atoms with E-state index in [9.17, 15) is 0 Å². The topological polar surface area (TPSA) is 29.5 Å². The molecule has 0 heterocycles. The van der Waals surface area contributed by atoms with Crippen LogP contribution in [0.2, 0.25) is 18.1 Å². The minimum absolute atomic E-state index is 0.0648. The summed E-state index contributed by atoms with van der Waals surface area (Å²) < 4.78 is 6.24. The number of aliphatic hydroxyl groups excluding tert-OH is 1. The van der Waals surface area contributed by atoms with Crippen LogP contribution in [0.3, 0.4) is 0 Å². The van der Waals surface area contributed by atoms with Crippen molar-refractivity contribution in [1.82, 2.24) is 0 Å². The van der Waals surface area contributed by atoms with Crippen molar-refractivity contribution in [2.45, 2.75) is 76.8 Å². The second-order valence-electron chi connectivity index (χ2n) is 7.04. The number of rotatable bonds is 2. The van der Waals surface area contributed by atoms with E-state index in [0.717, 1.165) is 25.7 Å². The van der Waals surface area contributed by atoms with E-state index >= 15 is 0 Å². The van der Waals surface area contributed by atoms with Gasteiger partial charge in [-0.1, -0.05) is 45.1 Å². The second kappa shape index (κ2) is 6.87. The van der Waals surface area contributed by atoms with Gasteiger partial charge in [0.1, 0.15) is 0 Å². The molecule has 0 amide bonds. The van der Waals surface area contributed by atoms with Crippen molar-refractivity contribution in [2.24, 2.45) is 0 Å². The van der Waals surface area contributed by atoms with E-state index < -0.39 is 8.32 Å². The fraction of sp³-hybridized carbons (Fsp3) is 0.750. The lowest BCUT2D eigenvalue weighted by Crippen LogP contribution is -2.43. The Kier molecular flexibility index (Phi) is 6.02. The van der Waals surface area contributed by atoms with E-state index in [1.807, 2.05) is 12.2 Å². The zero-order chi connectivity index (χ0) is 14.5. The van der Waals surface area contributed by atoms with Crippen molar-refractivity contribution in [1.29, 1.82) is 0 Å². The molecule has 0 aromatic rings. The van der Waals surface area contributed by atoms with E-state index in [2.05, 4.69) is 46.0 Å². The molecule has 0 saturated carbocycles. The predicted octanol–water partition coefficient (Wildman–Crippen LogP) is 4.42. The summed E-state index contributed by atoms with van der Waals surface area (Å²) in [6.45, 7) is 11.5. The standard InChI is InChI=1S/C11H22OSi.C5H8O/c1-11(2,3)13(4,5)12-10-8-6-7-9-10;6-5-3-1-2-4-5/h6-7,10H,8-9H2,1-5H3;1-2,5-6H,3-4H2. The summed E-state index contributed by atoms with van der Waals surface area (Å²) in [5, 5.41) is 9.01. The lowest BCUT2D eigenvalue weighted by molar-refractivity contribution is 0.189. The summed E-state index contributed by atoms with van der Waals surface area (Å²) in [6.07, 6.45) is 12.8. The van der Waals surface area contributed by atoms with Gasteiger partial charge in [0, 0.05) is 0 Å².